The highest BCUT2D eigenvalue weighted by Crippen LogP contribution is 2.29. The molecule has 1 aliphatic rings. The van der Waals surface area contributed by atoms with Gasteiger partial charge in [0.15, 0.2) is 5.69 Å². The summed E-state index contributed by atoms with van der Waals surface area (Å²) in [5.74, 6) is -0.0334. The van der Waals surface area contributed by atoms with Crippen LogP contribution in [0.1, 0.15) is 29.0 Å². The number of H-pyrrole nitrogens is 1. The van der Waals surface area contributed by atoms with Crippen molar-refractivity contribution in [1.82, 2.24) is 25.5 Å². The smallest absolute Gasteiger partial charge is 0.356 e. The Hall–Kier alpha value is -2.95. The van der Waals surface area contributed by atoms with E-state index in [4.69, 9.17) is 0 Å². The molecule has 1 amide bonds. The number of nitrogens with one attached hydrogen (secondary N) is 2. The van der Waals surface area contributed by atoms with Crippen LogP contribution in [0.25, 0.3) is 10.6 Å². The molecule has 3 aromatic rings. The lowest BCUT2D eigenvalue weighted by atomic mass is 10.0. The maximum Gasteiger partial charge on any atom is 0.433 e. The third-order valence-electron chi connectivity index (χ3n) is 4.69. The predicted molar refractivity (Wildman–Crippen MR) is 102 cm³/mol. The molecule has 2 N–H and O–H groups in total. The number of rotatable bonds is 4. The molecule has 0 unspecified atom stereocenters. The molecule has 1 saturated heterocycles. The van der Waals surface area contributed by atoms with E-state index < -0.39 is 11.9 Å². The number of piperidine rings is 1. The number of hydrogen-bond donors (Lipinski definition) is 2. The van der Waals surface area contributed by atoms with Crippen LogP contribution in [0.3, 0.4) is 0 Å². The summed E-state index contributed by atoms with van der Waals surface area (Å²) in [6.45, 7) is 0.973. The van der Waals surface area contributed by atoms with Gasteiger partial charge in [-0.05, 0) is 30.4 Å². The van der Waals surface area contributed by atoms with Crippen LogP contribution in [0.4, 0.5) is 19.0 Å². The fourth-order valence-electron chi connectivity index (χ4n) is 3.18. The number of carbonyl (C=O) groups excluding carboxylic acids is 1. The number of alkyl halides is 3. The number of halogens is 3. The topological polar surface area (TPSA) is 86.8 Å². The molecule has 1 fully saturated rings. The van der Waals surface area contributed by atoms with Crippen LogP contribution in [0.15, 0.2) is 36.0 Å². The lowest BCUT2D eigenvalue weighted by Gasteiger charge is -2.33. The molecule has 0 radical (unpaired) electrons. The van der Waals surface area contributed by atoms with Gasteiger partial charge in [-0.3, -0.25) is 9.89 Å². The minimum atomic E-state index is -4.50. The molecule has 152 valence electrons. The van der Waals surface area contributed by atoms with Crippen molar-refractivity contribution in [3.8, 4) is 10.6 Å². The van der Waals surface area contributed by atoms with E-state index in [1.807, 2.05) is 17.5 Å². The van der Waals surface area contributed by atoms with E-state index in [-0.39, 0.29) is 17.8 Å². The molecule has 0 aromatic carbocycles. The summed E-state index contributed by atoms with van der Waals surface area (Å²) in [6, 6.07) is 6.44. The third-order valence-corrected chi connectivity index (χ3v) is 5.60. The standard InChI is InChI=1S/C18H17F3N6OS/c19-18(20,21)15-9-16(23-10-22-15)27-5-3-11(4-6-27)24-17(28)13-8-12(25-26-13)14-2-1-7-29-14/h1-2,7-11H,3-6H2,(H,24,28)(H,25,26). The number of aromatic amines is 1. The first-order valence-electron chi connectivity index (χ1n) is 8.94. The number of hydrogen-bond acceptors (Lipinski definition) is 6. The first-order chi connectivity index (χ1) is 13.9. The molecule has 4 rings (SSSR count). The van der Waals surface area contributed by atoms with Crippen molar-refractivity contribution in [2.24, 2.45) is 0 Å². The molecular formula is C18H17F3N6OS. The van der Waals surface area contributed by atoms with Gasteiger partial charge in [0.2, 0.25) is 0 Å². The van der Waals surface area contributed by atoms with Crippen molar-refractivity contribution in [3.63, 3.8) is 0 Å². The summed E-state index contributed by atoms with van der Waals surface area (Å²) in [5, 5.41) is 11.8. The molecule has 29 heavy (non-hydrogen) atoms. The number of nitrogens with zero attached hydrogens (tertiary/aromatic N) is 4. The van der Waals surface area contributed by atoms with Gasteiger partial charge in [0.25, 0.3) is 5.91 Å². The second-order valence-corrected chi connectivity index (χ2v) is 7.59. The minimum Gasteiger partial charge on any atom is -0.356 e. The monoisotopic (exact) mass is 422 g/mol. The zero-order valence-corrected chi connectivity index (χ0v) is 15.9. The lowest BCUT2D eigenvalue weighted by Crippen LogP contribution is -2.45. The van der Waals surface area contributed by atoms with E-state index in [1.165, 1.54) is 0 Å². The summed E-state index contributed by atoms with van der Waals surface area (Å²) in [5.41, 5.74) is 0.128. The number of carbonyl (C=O) groups is 1. The van der Waals surface area contributed by atoms with Crippen molar-refractivity contribution in [1.29, 1.82) is 0 Å². The summed E-state index contributed by atoms with van der Waals surface area (Å²) in [6.07, 6.45) is -2.39. The van der Waals surface area contributed by atoms with Gasteiger partial charge in [-0.25, -0.2) is 9.97 Å². The van der Waals surface area contributed by atoms with Gasteiger partial charge in [-0.1, -0.05) is 6.07 Å². The van der Waals surface area contributed by atoms with Crippen molar-refractivity contribution < 1.29 is 18.0 Å². The van der Waals surface area contributed by atoms with Gasteiger partial charge in [0, 0.05) is 25.2 Å². The Morgan fingerprint density at radius 2 is 2.03 bits per heavy atom. The maximum atomic E-state index is 12.8. The quantitative estimate of drug-likeness (QED) is 0.674. The average molecular weight is 422 g/mol. The number of aromatic nitrogens is 4. The van der Waals surface area contributed by atoms with Gasteiger partial charge in [-0.15, -0.1) is 11.3 Å². The van der Waals surface area contributed by atoms with Crippen molar-refractivity contribution >= 4 is 23.1 Å². The number of thiophene rings is 1. The molecule has 1 aliphatic heterocycles. The summed E-state index contributed by atoms with van der Waals surface area (Å²) >= 11 is 1.55. The summed E-state index contributed by atoms with van der Waals surface area (Å²) in [7, 11) is 0. The fourth-order valence-corrected chi connectivity index (χ4v) is 3.88. The molecule has 0 saturated carbocycles. The highest BCUT2D eigenvalue weighted by Gasteiger charge is 2.33. The largest absolute Gasteiger partial charge is 0.433 e. The zero-order valence-electron chi connectivity index (χ0n) is 15.1. The van der Waals surface area contributed by atoms with Crippen LogP contribution in [0.5, 0.6) is 0 Å². The normalized spacial score (nSPS) is 15.5. The highest BCUT2D eigenvalue weighted by molar-refractivity contribution is 7.13. The maximum absolute atomic E-state index is 12.8. The molecule has 0 atom stereocenters. The van der Waals surface area contributed by atoms with Crippen molar-refractivity contribution in [2.45, 2.75) is 25.1 Å². The molecular weight excluding hydrogens is 405 g/mol. The van der Waals surface area contributed by atoms with Crippen LogP contribution in [-0.4, -0.2) is 45.2 Å². The van der Waals surface area contributed by atoms with Gasteiger partial charge >= 0.3 is 6.18 Å². The van der Waals surface area contributed by atoms with Crippen LogP contribution in [0, 0.1) is 0 Å². The first kappa shape index (κ1) is 19.4. The molecule has 4 heterocycles. The van der Waals surface area contributed by atoms with Crippen molar-refractivity contribution in [3.05, 3.63) is 47.4 Å². The number of anilines is 1. The zero-order chi connectivity index (χ0) is 20.4. The van der Waals surface area contributed by atoms with Crippen LogP contribution < -0.4 is 10.2 Å². The molecule has 3 aromatic heterocycles. The van der Waals surface area contributed by atoms with Crippen LogP contribution in [-0.2, 0) is 6.18 Å². The summed E-state index contributed by atoms with van der Waals surface area (Å²) in [4.78, 5) is 22.4. The second-order valence-electron chi connectivity index (χ2n) is 6.64. The Morgan fingerprint density at radius 3 is 2.72 bits per heavy atom. The Kier molecular flexibility index (Phi) is 5.22. The van der Waals surface area contributed by atoms with Gasteiger partial charge < -0.3 is 10.2 Å². The van der Waals surface area contributed by atoms with E-state index in [0.29, 0.717) is 31.6 Å². The summed E-state index contributed by atoms with van der Waals surface area (Å²) < 4.78 is 38.5. The van der Waals surface area contributed by atoms with Gasteiger partial charge in [0.05, 0.1) is 10.6 Å². The SMILES string of the molecule is O=C(NC1CCN(c2cc(C(F)(F)F)ncn2)CC1)c1cc(-c2cccs2)[nH]n1. The average Bonchev–Trinajstić information content (AvgIpc) is 3.40. The molecule has 0 bridgehead atoms. The lowest BCUT2D eigenvalue weighted by molar-refractivity contribution is -0.141. The van der Waals surface area contributed by atoms with Crippen molar-refractivity contribution in [2.75, 3.05) is 18.0 Å². The third kappa shape index (κ3) is 4.39. The first-order valence-corrected chi connectivity index (χ1v) is 9.82. The van der Waals surface area contributed by atoms with E-state index in [1.54, 1.807) is 22.3 Å². The predicted octanol–water partition coefficient (Wildman–Crippen LogP) is 3.35. The second kappa shape index (κ2) is 7.82. The molecule has 11 heteroatoms. The van der Waals surface area contributed by atoms with Crippen LogP contribution in [0.2, 0.25) is 0 Å². The number of amides is 1. The molecule has 0 spiro atoms. The Morgan fingerprint density at radius 1 is 1.24 bits per heavy atom. The Labute approximate surface area is 168 Å². The van der Waals surface area contributed by atoms with E-state index in [9.17, 15) is 18.0 Å². The molecule has 7 nitrogen and oxygen atoms in total. The van der Waals surface area contributed by atoms with E-state index in [2.05, 4.69) is 25.5 Å². The Balaban J connectivity index is 1.34. The highest BCUT2D eigenvalue weighted by atomic mass is 32.1. The molecule has 0 aliphatic carbocycles. The van der Waals surface area contributed by atoms with E-state index >= 15 is 0 Å². The van der Waals surface area contributed by atoms with Gasteiger partial charge in [0.1, 0.15) is 17.8 Å². The van der Waals surface area contributed by atoms with Gasteiger partial charge in [-0.2, -0.15) is 18.3 Å². The Bertz CT molecular complexity index is 980. The van der Waals surface area contributed by atoms with E-state index in [0.717, 1.165) is 23.0 Å². The minimum absolute atomic E-state index is 0.0791. The van der Waals surface area contributed by atoms with Crippen LogP contribution >= 0.6 is 11.3 Å². The fraction of sp³-hybridized carbons (Fsp3) is 0.333.